The topological polar surface area (TPSA) is 149 Å². The number of esters is 1. The number of fused-ring (bicyclic) bond motifs is 2. The van der Waals surface area contributed by atoms with Crippen LogP contribution in [-0.4, -0.2) is 51.7 Å². The molecule has 1 aliphatic heterocycles. The van der Waals surface area contributed by atoms with E-state index in [0.29, 0.717) is 30.9 Å². The zero-order chi connectivity index (χ0) is 25.5. The van der Waals surface area contributed by atoms with Crippen LogP contribution in [0.4, 0.5) is 5.69 Å². The lowest BCUT2D eigenvalue weighted by atomic mass is 9.70. The van der Waals surface area contributed by atoms with E-state index in [2.05, 4.69) is 26.1 Å². The minimum Gasteiger partial charge on any atom is -0.506 e. The predicted octanol–water partition coefficient (Wildman–Crippen LogP) is 2.59. The zero-order valence-electron chi connectivity index (χ0n) is 20.7. The van der Waals surface area contributed by atoms with Crippen molar-refractivity contribution in [1.82, 2.24) is 10.2 Å². The van der Waals surface area contributed by atoms with Crippen molar-refractivity contribution in [1.29, 1.82) is 5.26 Å². The number of aliphatic hydroxyl groups is 1. The summed E-state index contributed by atoms with van der Waals surface area (Å²) < 4.78 is 6.06. The van der Waals surface area contributed by atoms with Crippen LogP contribution in [0.3, 0.4) is 0 Å². The summed E-state index contributed by atoms with van der Waals surface area (Å²) in [5.41, 5.74) is 6.12. The number of aromatic hydroxyl groups is 1. The number of hydrogen-bond donors (Lipinski definition) is 4. The molecule has 9 nitrogen and oxygen atoms in total. The maximum absolute atomic E-state index is 13.4. The molecule has 6 unspecified atom stereocenters. The molecule has 1 aromatic rings. The van der Waals surface area contributed by atoms with Crippen LogP contribution < -0.4 is 11.1 Å². The van der Waals surface area contributed by atoms with E-state index in [9.17, 15) is 25.1 Å². The number of amides is 1. The molecule has 35 heavy (non-hydrogen) atoms. The standard InChI is InChI=1S/C26H36N4O5/c1-25(2)16-8-10-26(25,3)21(14-16)35-24(34)19-5-4-12-30(19)23(33)18(9-11-27)29-22(32)15-6-7-17(28)20(31)13-15/h6-7,13,16,18-19,21-22,29,31-32H,4-5,8-10,12,14,28H2,1-3H3. The number of phenols is 1. The monoisotopic (exact) mass is 484 g/mol. The van der Waals surface area contributed by atoms with Gasteiger partial charge in [-0.15, -0.1) is 0 Å². The molecule has 0 radical (unpaired) electrons. The number of nitrogens with one attached hydrogen (secondary N) is 1. The van der Waals surface area contributed by atoms with Crippen molar-refractivity contribution in [2.75, 3.05) is 12.3 Å². The summed E-state index contributed by atoms with van der Waals surface area (Å²) in [5, 5.41) is 32.5. The van der Waals surface area contributed by atoms with Gasteiger partial charge in [-0.2, -0.15) is 5.26 Å². The predicted molar refractivity (Wildman–Crippen MR) is 128 cm³/mol. The van der Waals surface area contributed by atoms with Gasteiger partial charge in [0.05, 0.1) is 18.2 Å². The van der Waals surface area contributed by atoms with Gasteiger partial charge in [0, 0.05) is 12.0 Å². The summed E-state index contributed by atoms with van der Waals surface area (Å²) in [6.45, 7) is 7.11. The van der Waals surface area contributed by atoms with Crippen LogP contribution in [0.25, 0.3) is 0 Å². The number of carbonyl (C=O) groups is 2. The number of carbonyl (C=O) groups excluding carboxylic acids is 2. The van der Waals surface area contributed by atoms with Gasteiger partial charge in [-0.3, -0.25) is 10.1 Å². The Kier molecular flexibility index (Phi) is 6.73. The first-order chi connectivity index (χ1) is 16.5. The summed E-state index contributed by atoms with van der Waals surface area (Å²) in [7, 11) is 0. The molecule has 4 rings (SSSR count). The van der Waals surface area contributed by atoms with Crippen molar-refractivity contribution in [3.63, 3.8) is 0 Å². The largest absolute Gasteiger partial charge is 0.506 e. The van der Waals surface area contributed by atoms with Crippen molar-refractivity contribution in [2.45, 2.75) is 83.7 Å². The highest BCUT2D eigenvalue weighted by Gasteiger charge is 2.63. The number of benzene rings is 1. The number of anilines is 1. The van der Waals surface area contributed by atoms with Crippen LogP contribution in [0, 0.1) is 28.1 Å². The fourth-order valence-electron chi connectivity index (χ4n) is 6.33. The summed E-state index contributed by atoms with van der Waals surface area (Å²) in [6, 6.07) is 4.52. The van der Waals surface area contributed by atoms with E-state index in [1.807, 2.05) is 6.07 Å². The Bertz CT molecular complexity index is 1040. The van der Waals surface area contributed by atoms with E-state index in [1.54, 1.807) is 0 Å². The molecule has 2 aliphatic carbocycles. The average Bonchev–Trinajstić information content (AvgIpc) is 3.43. The maximum Gasteiger partial charge on any atom is 0.329 e. The molecule has 3 fully saturated rings. The van der Waals surface area contributed by atoms with Crippen molar-refractivity contribution >= 4 is 17.6 Å². The number of ether oxygens (including phenoxy) is 1. The first kappa shape index (κ1) is 25.3. The molecular weight excluding hydrogens is 448 g/mol. The molecule has 2 bridgehead atoms. The van der Waals surface area contributed by atoms with Crippen molar-refractivity contribution < 1.29 is 24.5 Å². The number of phenolic OH excluding ortho intramolecular Hbond substituents is 1. The third-order valence-electron chi connectivity index (χ3n) is 9.10. The Balaban J connectivity index is 1.44. The SMILES string of the molecule is CC1(C)C2CCC1(C)C(OC(=O)C1CCCN1C(=O)C(CC#N)NC(O)c1ccc(N)c(O)c1)C2. The van der Waals surface area contributed by atoms with Gasteiger partial charge in [-0.25, -0.2) is 4.79 Å². The van der Waals surface area contributed by atoms with Gasteiger partial charge >= 0.3 is 5.97 Å². The smallest absolute Gasteiger partial charge is 0.329 e. The first-order valence-electron chi connectivity index (χ1n) is 12.4. The Morgan fingerprint density at radius 3 is 2.69 bits per heavy atom. The number of nitriles is 1. The van der Waals surface area contributed by atoms with Gasteiger partial charge in [0.1, 0.15) is 30.2 Å². The molecule has 1 aromatic carbocycles. The number of nitrogens with two attached hydrogens (primary N) is 1. The van der Waals surface area contributed by atoms with Crippen LogP contribution in [0.5, 0.6) is 5.75 Å². The summed E-state index contributed by atoms with van der Waals surface area (Å²) >= 11 is 0. The van der Waals surface area contributed by atoms with E-state index in [-0.39, 0.29) is 40.8 Å². The Morgan fingerprint density at radius 1 is 1.34 bits per heavy atom. The number of nitrogens with zero attached hydrogens (tertiary/aromatic N) is 2. The van der Waals surface area contributed by atoms with Crippen molar-refractivity contribution in [3.05, 3.63) is 23.8 Å². The molecule has 1 heterocycles. The zero-order valence-corrected chi connectivity index (χ0v) is 20.7. The second-order valence-corrected chi connectivity index (χ2v) is 11.0. The van der Waals surface area contributed by atoms with Gasteiger partial charge in [0.2, 0.25) is 5.91 Å². The quantitative estimate of drug-likeness (QED) is 0.200. The normalized spacial score (nSPS) is 30.6. The van der Waals surface area contributed by atoms with Crippen LogP contribution in [-0.2, 0) is 14.3 Å². The van der Waals surface area contributed by atoms with Crippen molar-refractivity contribution in [3.8, 4) is 11.8 Å². The summed E-state index contributed by atoms with van der Waals surface area (Å²) in [5.74, 6) is -0.467. The van der Waals surface area contributed by atoms with E-state index in [0.717, 1.165) is 19.3 Å². The van der Waals surface area contributed by atoms with Gasteiger partial charge in [0.15, 0.2) is 0 Å². The lowest BCUT2D eigenvalue weighted by Gasteiger charge is -2.39. The molecule has 6 atom stereocenters. The maximum atomic E-state index is 13.4. The minimum absolute atomic E-state index is 0.0690. The molecule has 190 valence electrons. The van der Waals surface area contributed by atoms with Gasteiger partial charge in [-0.05, 0) is 61.1 Å². The Labute approximate surface area is 206 Å². The van der Waals surface area contributed by atoms with Crippen molar-refractivity contribution in [2.24, 2.45) is 16.7 Å². The molecular formula is C26H36N4O5. The van der Waals surface area contributed by atoms with E-state index < -0.39 is 24.2 Å². The van der Waals surface area contributed by atoms with E-state index >= 15 is 0 Å². The minimum atomic E-state index is -1.31. The third-order valence-corrected chi connectivity index (χ3v) is 9.10. The first-order valence-corrected chi connectivity index (χ1v) is 12.4. The number of nitrogen functional groups attached to an aromatic ring is 1. The highest BCUT2D eigenvalue weighted by molar-refractivity contribution is 5.88. The van der Waals surface area contributed by atoms with Gasteiger partial charge < -0.3 is 25.6 Å². The molecule has 5 N–H and O–H groups in total. The highest BCUT2D eigenvalue weighted by Crippen LogP contribution is 2.66. The van der Waals surface area contributed by atoms with Gasteiger partial charge in [-0.1, -0.05) is 26.8 Å². The van der Waals surface area contributed by atoms with E-state index in [1.165, 1.54) is 23.1 Å². The van der Waals surface area contributed by atoms with Crippen LogP contribution in [0.1, 0.15) is 71.1 Å². The fourth-order valence-corrected chi connectivity index (χ4v) is 6.33. The molecule has 3 aliphatic rings. The molecule has 1 amide bonds. The van der Waals surface area contributed by atoms with Crippen LogP contribution in [0.15, 0.2) is 18.2 Å². The molecule has 0 spiro atoms. The third kappa shape index (κ3) is 4.34. The second-order valence-electron chi connectivity index (χ2n) is 11.0. The number of aliphatic hydroxyl groups excluding tert-OH is 1. The summed E-state index contributed by atoms with van der Waals surface area (Å²) in [6.07, 6.45) is 2.55. The highest BCUT2D eigenvalue weighted by atomic mass is 16.5. The number of rotatable bonds is 7. The summed E-state index contributed by atoms with van der Waals surface area (Å²) in [4.78, 5) is 28.1. The number of hydrogen-bond acceptors (Lipinski definition) is 8. The number of likely N-dealkylation sites (tertiary alicyclic amines) is 1. The lowest BCUT2D eigenvalue weighted by Crippen LogP contribution is -2.52. The van der Waals surface area contributed by atoms with Crippen LogP contribution >= 0.6 is 0 Å². The van der Waals surface area contributed by atoms with E-state index in [4.69, 9.17) is 10.5 Å². The van der Waals surface area contributed by atoms with Crippen LogP contribution in [0.2, 0.25) is 0 Å². The lowest BCUT2D eigenvalue weighted by molar-refractivity contribution is -0.165. The molecule has 2 saturated carbocycles. The molecule has 9 heteroatoms. The Morgan fingerprint density at radius 2 is 2.09 bits per heavy atom. The molecule has 1 saturated heterocycles. The second kappa shape index (κ2) is 9.32. The average molecular weight is 485 g/mol. The van der Waals surface area contributed by atoms with Gasteiger partial charge in [0.25, 0.3) is 0 Å². The Hall–Kier alpha value is -2.83. The molecule has 0 aromatic heterocycles. The fraction of sp³-hybridized carbons (Fsp3) is 0.654.